The number of rotatable bonds is 8. The minimum atomic E-state index is -1.58. The molecule has 0 atom stereocenters. The van der Waals surface area contributed by atoms with Gasteiger partial charge in [-0.05, 0) is 44.5 Å². The van der Waals surface area contributed by atoms with Crippen molar-refractivity contribution in [1.29, 1.82) is 0 Å². The molecule has 0 unspecified atom stereocenters. The molecule has 0 amide bonds. The van der Waals surface area contributed by atoms with Crippen LogP contribution in [0.2, 0.25) is 0 Å². The number of carbonyl (C=O) groups excluding carboxylic acids is 3. The monoisotopic (exact) mass is 510 g/mol. The second-order valence-corrected chi connectivity index (χ2v) is 8.37. The third-order valence-corrected chi connectivity index (χ3v) is 5.89. The molecular weight excluding hydrogens is 486 g/mol. The minimum Gasteiger partial charge on any atom is -0.490 e. The smallest absolute Gasteiger partial charge is 0.269 e. The molecule has 0 spiro atoms. The molecule has 192 valence electrons. The Hall–Kier alpha value is -4.21. The van der Waals surface area contributed by atoms with E-state index in [1.165, 1.54) is 12.1 Å². The number of ketones is 3. The molecule has 4 rings (SSSR count). The van der Waals surface area contributed by atoms with E-state index in [1.807, 2.05) is 0 Å². The number of ether oxygens (including phenoxy) is 2. The van der Waals surface area contributed by atoms with E-state index in [9.17, 15) is 28.0 Å². The molecular formula is C27H24F2N2O6. The molecule has 0 N–H and O–H groups in total. The van der Waals surface area contributed by atoms with Crippen molar-refractivity contribution < 1.29 is 32.6 Å². The molecule has 1 saturated carbocycles. The first-order valence-electron chi connectivity index (χ1n) is 11.8. The molecule has 0 bridgehead atoms. The molecule has 1 fully saturated rings. The molecule has 1 heterocycles. The Morgan fingerprint density at radius 2 is 1.57 bits per heavy atom. The summed E-state index contributed by atoms with van der Waals surface area (Å²) in [5, 5.41) is 0. The van der Waals surface area contributed by atoms with E-state index in [0.29, 0.717) is 30.6 Å². The average molecular weight is 510 g/mol. The van der Waals surface area contributed by atoms with Crippen molar-refractivity contribution in [3.8, 4) is 28.6 Å². The van der Waals surface area contributed by atoms with E-state index in [1.54, 1.807) is 19.9 Å². The number of hydrogen-bond acceptors (Lipinski definition) is 7. The van der Waals surface area contributed by atoms with Gasteiger partial charge in [0.15, 0.2) is 28.8 Å². The van der Waals surface area contributed by atoms with Gasteiger partial charge in [0.05, 0.1) is 18.9 Å². The first-order chi connectivity index (χ1) is 17.7. The van der Waals surface area contributed by atoms with Gasteiger partial charge in [-0.25, -0.2) is 13.8 Å². The average Bonchev–Trinajstić information content (AvgIpc) is 2.84. The zero-order valence-corrected chi connectivity index (χ0v) is 20.3. The molecule has 37 heavy (non-hydrogen) atoms. The van der Waals surface area contributed by atoms with Gasteiger partial charge in [0.25, 0.3) is 5.56 Å². The standard InChI is InChI=1S/C27H24F2N2O6/c1-3-36-22-9-8-18(13-23(22)37-4-2)31-26(15-10-16(28)12-17(29)11-15)30-14-19(27(31)35)25(34)24-20(32)6-5-7-21(24)33/h8-14,24H,3-7H2,1-2H3. The van der Waals surface area contributed by atoms with E-state index in [0.717, 1.165) is 22.9 Å². The van der Waals surface area contributed by atoms with Crippen LogP contribution in [0.1, 0.15) is 43.5 Å². The number of halogens is 2. The van der Waals surface area contributed by atoms with E-state index < -0.39 is 46.0 Å². The summed E-state index contributed by atoms with van der Waals surface area (Å²) in [6.07, 6.45) is 1.40. The molecule has 8 nitrogen and oxygen atoms in total. The van der Waals surface area contributed by atoms with Crippen molar-refractivity contribution >= 4 is 17.3 Å². The predicted molar refractivity (Wildman–Crippen MR) is 129 cm³/mol. The molecule has 3 aromatic rings. The highest BCUT2D eigenvalue weighted by Gasteiger charge is 2.38. The normalized spacial score (nSPS) is 14.1. The maximum absolute atomic E-state index is 14.1. The van der Waals surface area contributed by atoms with Crippen LogP contribution >= 0.6 is 0 Å². The van der Waals surface area contributed by atoms with Crippen LogP contribution in [0.5, 0.6) is 11.5 Å². The fourth-order valence-electron chi connectivity index (χ4n) is 4.28. The molecule has 1 aliphatic rings. The third-order valence-electron chi connectivity index (χ3n) is 5.89. The van der Waals surface area contributed by atoms with E-state index in [-0.39, 0.29) is 36.5 Å². The lowest BCUT2D eigenvalue weighted by atomic mass is 9.82. The van der Waals surface area contributed by atoms with E-state index >= 15 is 0 Å². The SMILES string of the molecule is CCOc1ccc(-n2c(-c3cc(F)cc(F)c3)ncc(C(=O)C3C(=O)CCCC3=O)c2=O)cc1OCC. The van der Waals surface area contributed by atoms with Crippen LogP contribution in [0, 0.1) is 17.6 Å². The molecule has 0 radical (unpaired) electrons. The third kappa shape index (κ3) is 5.18. The van der Waals surface area contributed by atoms with Gasteiger partial charge in [0.2, 0.25) is 0 Å². The Balaban J connectivity index is 1.95. The lowest BCUT2D eigenvalue weighted by Gasteiger charge is -2.20. The van der Waals surface area contributed by atoms with Gasteiger partial charge < -0.3 is 9.47 Å². The van der Waals surface area contributed by atoms with Crippen LogP contribution in [0.25, 0.3) is 17.1 Å². The number of nitrogens with zero attached hydrogens (tertiary/aromatic N) is 2. The van der Waals surface area contributed by atoms with E-state index in [4.69, 9.17) is 9.47 Å². The second-order valence-electron chi connectivity index (χ2n) is 8.37. The molecule has 0 aliphatic heterocycles. The summed E-state index contributed by atoms with van der Waals surface area (Å²) in [5.74, 6) is -4.88. The van der Waals surface area contributed by atoms with Gasteiger partial charge in [-0.2, -0.15) is 0 Å². The summed E-state index contributed by atoms with van der Waals surface area (Å²) >= 11 is 0. The molecule has 0 saturated heterocycles. The number of carbonyl (C=O) groups is 3. The Morgan fingerprint density at radius 1 is 0.946 bits per heavy atom. The van der Waals surface area contributed by atoms with Crippen LogP contribution in [0.3, 0.4) is 0 Å². The van der Waals surface area contributed by atoms with Crippen LogP contribution < -0.4 is 15.0 Å². The van der Waals surface area contributed by atoms with Crippen molar-refractivity contribution in [2.24, 2.45) is 5.92 Å². The van der Waals surface area contributed by atoms with Crippen molar-refractivity contribution in [3.63, 3.8) is 0 Å². The Morgan fingerprint density at radius 3 is 2.19 bits per heavy atom. The van der Waals surface area contributed by atoms with Gasteiger partial charge in [-0.1, -0.05) is 0 Å². The molecule has 1 aliphatic carbocycles. The topological polar surface area (TPSA) is 105 Å². The van der Waals surface area contributed by atoms with Gasteiger partial charge in [0.1, 0.15) is 28.9 Å². The maximum Gasteiger partial charge on any atom is 0.269 e. The summed E-state index contributed by atoms with van der Waals surface area (Å²) in [7, 11) is 0. The van der Waals surface area contributed by atoms with Gasteiger partial charge in [-0.15, -0.1) is 0 Å². The number of Topliss-reactive ketones (excluding diaryl/α,β-unsaturated/α-hetero) is 3. The Bertz CT molecular complexity index is 1410. The molecule has 10 heteroatoms. The first-order valence-corrected chi connectivity index (χ1v) is 11.8. The highest BCUT2D eigenvalue weighted by Crippen LogP contribution is 2.31. The number of hydrogen-bond donors (Lipinski definition) is 0. The number of aromatic nitrogens is 2. The molecule has 2 aromatic carbocycles. The Kier molecular flexibility index (Phi) is 7.56. The lowest BCUT2D eigenvalue weighted by Crippen LogP contribution is -2.39. The zero-order chi connectivity index (χ0) is 26.7. The van der Waals surface area contributed by atoms with Crippen LogP contribution in [0.4, 0.5) is 8.78 Å². The van der Waals surface area contributed by atoms with Crippen molar-refractivity contribution in [3.05, 3.63) is 70.1 Å². The van der Waals surface area contributed by atoms with Crippen LogP contribution in [-0.4, -0.2) is 40.1 Å². The van der Waals surface area contributed by atoms with Gasteiger partial charge in [-0.3, -0.25) is 23.7 Å². The largest absolute Gasteiger partial charge is 0.490 e. The second kappa shape index (κ2) is 10.8. The van der Waals surface area contributed by atoms with Crippen molar-refractivity contribution in [1.82, 2.24) is 9.55 Å². The summed E-state index contributed by atoms with van der Waals surface area (Å²) in [4.78, 5) is 55.9. The fourth-order valence-corrected chi connectivity index (χ4v) is 4.28. The summed E-state index contributed by atoms with van der Waals surface area (Å²) in [6, 6.07) is 7.19. The van der Waals surface area contributed by atoms with Gasteiger partial charge >= 0.3 is 0 Å². The van der Waals surface area contributed by atoms with Crippen LogP contribution in [0.15, 0.2) is 47.4 Å². The van der Waals surface area contributed by atoms with E-state index in [2.05, 4.69) is 4.98 Å². The van der Waals surface area contributed by atoms with Gasteiger partial charge in [0, 0.05) is 36.7 Å². The quantitative estimate of drug-likeness (QED) is 0.332. The van der Waals surface area contributed by atoms with Crippen molar-refractivity contribution in [2.75, 3.05) is 13.2 Å². The fraction of sp³-hybridized carbons (Fsp3) is 0.296. The molecule has 1 aromatic heterocycles. The summed E-state index contributed by atoms with van der Waals surface area (Å²) < 4.78 is 40.3. The maximum atomic E-state index is 14.1. The highest BCUT2D eigenvalue weighted by atomic mass is 19.1. The predicted octanol–water partition coefficient (Wildman–Crippen LogP) is 4.10. The first kappa shape index (κ1) is 25.9. The lowest BCUT2D eigenvalue weighted by molar-refractivity contribution is -0.133. The minimum absolute atomic E-state index is 0.0566. The summed E-state index contributed by atoms with van der Waals surface area (Å²) in [5.41, 5.74) is -1.29. The highest BCUT2D eigenvalue weighted by molar-refractivity contribution is 6.24. The summed E-state index contributed by atoms with van der Waals surface area (Å²) in [6.45, 7) is 4.18. The Labute approximate surface area is 210 Å². The van der Waals surface area contributed by atoms with Crippen LogP contribution in [-0.2, 0) is 9.59 Å². The number of benzene rings is 2. The van der Waals surface area contributed by atoms with Crippen molar-refractivity contribution in [2.45, 2.75) is 33.1 Å². The zero-order valence-electron chi connectivity index (χ0n) is 20.3.